The van der Waals surface area contributed by atoms with Crippen LogP contribution >= 0.6 is 24.8 Å². The molecular formula is C44H52N6O9P3+3. The van der Waals surface area contributed by atoms with Crippen LogP contribution in [0.25, 0.3) is 11.1 Å². The Balaban J connectivity index is 0.000000339. The maximum atomic E-state index is 8.48. The first kappa shape index (κ1) is 52.7. The van der Waals surface area contributed by atoms with Gasteiger partial charge < -0.3 is 52.3 Å². The molecule has 0 atom stereocenters. The maximum absolute atomic E-state index is 8.48. The summed E-state index contributed by atoms with van der Waals surface area (Å²) in [6.45, 7) is 12.5. The van der Waals surface area contributed by atoms with Crippen molar-refractivity contribution in [3.05, 3.63) is 176 Å². The Hall–Kier alpha value is -5.44. The molecule has 0 bridgehead atoms. The Morgan fingerprint density at radius 3 is 0.806 bits per heavy atom. The van der Waals surface area contributed by atoms with Crippen LogP contribution in [0.4, 0.5) is 22.7 Å². The van der Waals surface area contributed by atoms with E-state index in [0.717, 1.165) is 45.3 Å². The van der Waals surface area contributed by atoms with Crippen molar-refractivity contribution < 1.29 is 76.8 Å². The van der Waals surface area contributed by atoms with Gasteiger partial charge in [0.2, 0.25) is 0 Å². The summed E-state index contributed by atoms with van der Waals surface area (Å²) in [6, 6.07) is 25.7. The van der Waals surface area contributed by atoms with E-state index in [0.29, 0.717) is 0 Å². The number of rotatable bonds is 4. The second-order valence-electron chi connectivity index (χ2n) is 14.1. The molecule has 15 nitrogen and oxygen atoms in total. The molecule has 0 heterocycles. The number of aryl methyl sites for hydroxylation is 4. The zero-order valence-electron chi connectivity index (χ0n) is 35.4. The first-order chi connectivity index (χ1) is 28.9. The average molecular weight is 902 g/mol. The Bertz CT molecular complexity index is 2290. The summed E-state index contributed by atoms with van der Waals surface area (Å²) in [5.41, 5.74) is 38.6. The minimum atomic E-state index is -3.37. The fourth-order valence-corrected chi connectivity index (χ4v) is 6.07. The average Bonchev–Trinajstić information content (AvgIpc) is 3.17. The number of benzene rings is 4. The Labute approximate surface area is 363 Å². The molecule has 324 valence electrons. The van der Waals surface area contributed by atoms with E-state index in [1.165, 1.54) is 66.8 Å². The summed E-state index contributed by atoms with van der Waals surface area (Å²) in [5.74, 6) is 0. The lowest BCUT2D eigenvalue weighted by atomic mass is 9.88. The lowest BCUT2D eigenvalue weighted by Gasteiger charge is -2.16. The van der Waals surface area contributed by atoms with Crippen molar-refractivity contribution in [3.63, 3.8) is 0 Å². The highest BCUT2D eigenvalue weighted by molar-refractivity contribution is 7.27. The molecule has 2 aliphatic carbocycles. The molecule has 0 amide bonds. The van der Waals surface area contributed by atoms with E-state index in [1.807, 2.05) is 26.0 Å². The third kappa shape index (κ3) is 16.8. The summed E-state index contributed by atoms with van der Waals surface area (Å²) in [7, 11) is -10.1. The number of allylic oxidation sites excluding steroid dienone is 10. The molecule has 6 rings (SSSR count). The van der Waals surface area contributed by atoms with Gasteiger partial charge in [-0.05, 0) is 183 Å². The van der Waals surface area contributed by atoms with E-state index in [9.17, 15) is 0 Å². The Morgan fingerprint density at radius 2 is 0.629 bits per heavy atom. The highest BCUT2D eigenvalue weighted by Gasteiger charge is 2.18. The van der Waals surface area contributed by atoms with Crippen LogP contribution < -0.4 is 63.1 Å². The lowest BCUT2D eigenvalue weighted by molar-refractivity contribution is -0.298. The van der Waals surface area contributed by atoms with Gasteiger partial charge in [-0.2, -0.15) is 0 Å². The van der Waals surface area contributed by atoms with Crippen LogP contribution in [-0.4, -0.2) is 11.4 Å². The normalized spacial score (nSPS) is 12.5. The second kappa shape index (κ2) is 24.9. The molecule has 0 aromatic heterocycles. The van der Waals surface area contributed by atoms with Crippen molar-refractivity contribution in [1.82, 2.24) is 0 Å². The molecule has 0 saturated heterocycles. The summed E-state index contributed by atoms with van der Waals surface area (Å²) in [5, 5.41) is 12.1. The fraction of sp³-hybridized carbons (Fsp3) is 0.136. The Morgan fingerprint density at radius 1 is 0.419 bits per heavy atom. The van der Waals surface area contributed by atoms with Gasteiger partial charge in [-0.3, -0.25) is 10.8 Å². The van der Waals surface area contributed by atoms with Crippen molar-refractivity contribution in [2.45, 2.75) is 41.5 Å². The zero-order chi connectivity index (χ0) is 47.0. The van der Waals surface area contributed by atoms with E-state index < -0.39 is 24.8 Å². The predicted octanol–water partition coefficient (Wildman–Crippen LogP) is -1.77. The predicted molar refractivity (Wildman–Crippen MR) is 229 cm³/mol. The minimum absolute atomic E-state index is 0.816. The summed E-state index contributed by atoms with van der Waals surface area (Å²) < 4.78 is 25.4. The summed E-state index contributed by atoms with van der Waals surface area (Å²) >= 11 is 0. The van der Waals surface area contributed by atoms with Crippen LogP contribution in [0.1, 0.15) is 58.4 Å². The molecule has 2 aliphatic rings. The second-order valence-corrected chi connectivity index (χ2v) is 15.5. The van der Waals surface area contributed by atoms with Crippen LogP contribution in [0.3, 0.4) is 0 Å². The van der Waals surface area contributed by atoms with Crippen LogP contribution in [0.15, 0.2) is 132 Å². The van der Waals surface area contributed by atoms with Crippen LogP contribution in [0.5, 0.6) is 0 Å². The molecule has 4 aromatic rings. The molecule has 4 aromatic carbocycles. The highest BCUT2D eigenvalue weighted by Crippen LogP contribution is 2.34. The molecule has 62 heavy (non-hydrogen) atoms. The fourth-order valence-electron chi connectivity index (χ4n) is 6.07. The topological polar surface area (TPSA) is 351 Å². The first-order valence-electron chi connectivity index (χ1n) is 18.6. The number of hydrogen-bond acceptors (Lipinski definition) is 9. The molecule has 0 radical (unpaired) electrons. The van der Waals surface area contributed by atoms with E-state index in [1.54, 1.807) is 0 Å². The van der Waals surface area contributed by atoms with Crippen LogP contribution in [-0.2, 0) is 13.7 Å². The van der Waals surface area contributed by atoms with Crippen molar-refractivity contribution in [3.8, 4) is 0 Å². The van der Waals surface area contributed by atoms with E-state index >= 15 is 0 Å². The largest absolute Gasteiger partial charge is 0.598 e. The Kier molecular flexibility index (Phi) is 21.1. The smallest absolute Gasteiger partial charge is 0.276 e. The van der Waals surface area contributed by atoms with Gasteiger partial charge in [0, 0.05) is 45.6 Å². The van der Waals surface area contributed by atoms with E-state index in [-0.39, 0.29) is 0 Å². The standard InChI is InChI=1S/2C22H23N3.3HO3P/c2*1-13-10-16(4-7-19(13)23)22(17-5-8-20(24)14(2)11-17)18-6-9-21(25)15(3)12-18;3*1-4(2)3/h2*4-12,23H,24-25H2,1-3H3;3*(H,1,2,3)/p+3. The minimum Gasteiger partial charge on any atom is -0.598 e. The van der Waals surface area contributed by atoms with Gasteiger partial charge in [-0.25, -0.2) is 0 Å². The number of nitrogens with two attached hydrogens (primary N) is 2. The van der Waals surface area contributed by atoms with Gasteiger partial charge in [-0.1, -0.05) is 13.7 Å². The molecule has 0 aliphatic heterocycles. The van der Waals surface area contributed by atoms with Gasteiger partial charge in [0.15, 0.2) is 11.4 Å². The monoisotopic (exact) mass is 901 g/mol. The molecule has 0 saturated carbocycles. The third-order valence-corrected chi connectivity index (χ3v) is 9.64. The lowest BCUT2D eigenvalue weighted by Crippen LogP contribution is -2.41. The molecule has 0 unspecified atom stereocenters. The maximum Gasteiger partial charge on any atom is 0.276 e. The van der Waals surface area contributed by atoms with Gasteiger partial charge >= 0.3 is 0 Å². The third-order valence-electron chi connectivity index (χ3n) is 9.64. The van der Waals surface area contributed by atoms with Gasteiger partial charge in [0.05, 0.1) is 0 Å². The zero-order valence-corrected chi connectivity index (χ0v) is 38.1. The van der Waals surface area contributed by atoms with Crippen molar-refractivity contribution in [2.75, 3.05) is 0 Å². The number of quaternary nitrogens is 4. The van der Waals surface area contributed by atoms with Crippen molar-refractivity contribution in [2.24, 2.45) is 0 Å². The van der Waals surface area contributed by atoms with E-state index in [2.05, 4.69) is 148 Å². The first-order valence-corrected chi connectivity index (χ1v) is 21.8. The molecular weight excluding hydrogens is 849 g/mol. The summed E-state index contributed by atoms with van der Waals surface area (Å²) in [4.78, 5) is 50.9. The van der Waals surface area contributed by atoms with E-state index in [4.69, 9.17) is 53.9 Å². The molecule has 0 fully saturated rings. The summed E-state index contributed by atoms with van der Waals surface area (Å²) in [6.07, 6.45) is 12.5. The molecule has 0 spiro atoms. The van der Waals surface area contributed by atoms with Crippen LogP contribution in [0, 0.1) is 27.7 Å². The molecule has 16 N–H and O–H groups in total. The highest BCUT2D eigenvalue weighted by atomic mass is 31.1. The molecule has 18 heteroatoms. The van der Waals surface area contributed by atoms with Gasteiger partial charge in [0.25, 0.3) is 24.8 Å². The van der Waals surface area contributed by atoms with Crippen LogP contribution in [0.2, 0.25) is 0 Å². The van der Waals surface area contributed by atoms with Gasteiger partial charge in [0.1, 0.15) is 22.7 Å². The van der Waals surface area contributed by atoms with Crippen molar-refractivity contribution >= 4 is 70.1 Å². The quantitative estimate of drug-likeness (QED) is 0.126. The van der Waals surface area contributed by atoms with Crippen molar-refractivity contribution in [1.29, 1.82) is 0 Å². The SMILES string of the molecule is CC1=CC(=C(c2ccc([NH3+])c(C)c2)c2ccc([NH3+])c(C)c2)C=CC1=[NH2+].CC1=CC(=C(c2ccc([NH3+])c(C)c2)c2ccc([NH3+])c(C)c2)C=CC1=[NH2+].O=[P+]([O-])[O-].O=[P+]([O-])[O-].O=[P+]([O-])[O-]. The van der Waals surface area contributed by atoms with Gasteiger partial charge in [-0.15, -0.1) is 0 Å². The number of hydrogen-bond donors (Lipinski definition) is 6.